The van der Waals surface area contributed by atoms with Crippen LogP contribution in [0.5, 0.6) is 0 Å². The SMILES string of the molecule is [NH3+]CCCCN1C(=O)N(CCCC[NH3+])C(=O)C(Cc2ccc(F)c3ccccc23)(Cc2ccc(F)c3ccccc23)C1=O. The average Bonchev–Trinajstić information content (AvgIpc) is 3.02. The first-order chi connectivity index (χ1) is 20.8. The summed E-state index contributed by atoms with van der Waals surface area (Å²) in [6.45, 7) is 1.61. The molecule has 0 bridgehead atoms. The molecule has 0 radical (unpaired) electrons. The summed E-state index contributed by atoms with van der Waals surface area (Å²) in [4.78, 5) is 45.4. The summed E-state index contributed by atoms with van der Waals surface area (Å²) in [5.41, 5.74) is 7.27. The van der Waals surface area contributed by atoms with Crippen molar-refractivity contribution in [2.24, 2.45) is 5.41 Å². The largest absolute Gasteiger partial charge is 0.358 e. The van der Waals surface area contributed by atoms with Gasteiger partial charge in [-0.1, -0.05) is 60.7 Å². The van der Waals surface area contributed by atoms with Gasteiger partial charge in [0.1, 0.15) is 17.0 Å². The lowest BCUT2D eigenvalue weighted by Gasteiger charge is -2.44. The summed E-state index contributed by atoms with van der Waals surface area (Å²) in [7, 11) is 0. The number of halogens is 2. The number of hydrogen-bond donors (Lipinski definition) is 2. The number of rotatable bonds is 12. The number of carbonyl (C=O) groups is 3. The van der Waals surface area contributed by atoms with Crippen LogP contribution in [0, 0.1) is 17.0 Å². The second kappa shape index (κ2) is 13.0. The molecule has 0 unspecified atom stereocenters. The molecule has 5 rings (SSSR count). The molecule has 0 atom stereocenters. The van der Waals surface area contributed by atoms with E-state index >= 15 is 0 Å². The van der Waals surface area contributed by atoms with E-state index in [1.54, 1.807) is 60.7 Å². The van der Waals surface area contributed by atoms with E-state index in [1.807, 2.05) is 0 Å². The molecule has 6 N–H and O–H groups in total. The van der Waals surface area contributed by atoms with Gasteiger partial charge in [-0.3, -0.25) is 19.4 Å². The number of unbranched alkanes of at least 4 members (excludes halogenated alkanes) is 2. The van der Waals surface area contributed by atoms with Crippen LogP contribution in [0.25, 0.3) is 21.5 Å². The number of benzene rings is 4. The maximum atomic E-state index is 14.8. The number of nitrogens with zero attached hydrogens (tertiary/aromatic N) is 2. The van der Waals surface area contributed by atoms with Gasteiger partial charge in [0, 0.05) is 23.9 Å². The Morgan fingerprint density at radius 3 is 1.35 bits per heavy atom. The van der Waals surface area contributed by atoms with Gasteiger partial charge in [0.05, 0.1) is 13.1 Å². The molecular weight excluding hydrogens is 550 g/mol. The van der Waals surface area contributed by atoms with Crippen LogP contribution in [0.15, 0.2) is 72.8 Å². The standard InChI is InChI=1S/C34H36F2N4O3/c35-29-15-13-23(25-9-1-3-11-27(25)29)21-34(22-24-14-16-30(36)28-12-4-2-10-26(24)28)31(41)39(19-7-5-17-37)33(43)40(32(34)42)20-8-6-18-38/h1-4,9-16H,5-8,17-22,37-38H2/p+2. The molecule has 0 spiro atoms. The van der Waals surface area contributed by atoms with E-state index in [0.717, 1.165) is 0 Å². The maximum Gasteiger partial charge on any atom is 0.333 e. The number of amides is 4. The van der Waals surface area contributed by atoms with Crippen molar-refractivity contribution in [2.45, 2.75) is 38.5 Å². The van der Waals surface area contributed by atoms with E-state index in [0.29, 0.717) is 71.4 Å². The monoisotopic (exact) mass is 588 g/mol. The predicted molar refractivity (Wildman–Crippen MR) is 160 cm³/mol. The number of hydrogen-bond acceptors (Lipinski definition) is 3. The summed E-state index contributed by atoms with van der Waals surface area (Å²) < 4.78 is 29.7. The summed E-state index contributed by atoms with van der Waals surface area (Å²) >= 11 is 0. The zero-order chi connectivity index (χ0) is 30.6. The fourth-order valence-electron chi connectivity index (χ4n) is 6.19. The van der Waals surface area contributed by atoms with Crippen LogP contribution in [0.2, 0.25) is 0 Å². The lowest BCUT2D eigenvalue weighted by molar-refractivity contribution is -0.368. The first kappa shape index (κ1) is 30.3. The van der Waals surface area contributed by atoms with E-state index in [2.05, 4.69) is 11.5 Å². The molecule has 0 aliphatic carbocycles. The highest BCUT2D eigenvalue weighted by molar-refractivity contribution is 6.19. The molecule has 4 amide bonds. The third-order valence-electron chi connectivity index (χ3n) is 8.44. The van der Waals surface area contributed by atoms with E-state index in [9.17, 15) is 23.2 Å². The van der Waals surface area contributed by atoms with Crippen molar-refractivity contribution < 1.29 is 34.6 Å². The van der Waals surface area contributed by atoms with E-state index < -0.39 is 34.9 Å². The highest BCUT2D eigenvalue weighted by Crippen LogP contribution is 2.40. The highest BCUT2D eigenvalue weighted by Gasteiger charge is 2.57. The molecule has 4 aromatic carbocycles. The molecule has 0 aromatic heterocycles. The fraction of sp³-hybridized carbons (Fsp3) is 0.324. The van der Waals surface area contributed by atoms with Crippen LogP contribution in [-0.2, 0) is 22.4 Å². The fourth-order valence-corrected chi connectivity index (χ4v) is 6.19. The molecule has 9 heteroatoms. The topological polar surface area (TPSA) is 113 Å². The molecule has 4 aromatic rings. The van der Waals surface area contributed by atoms with Crippen molar-refractivity contribution in [2.75, 3.05) is 26.2 Å². The van der Waals surface area contributed by atoms with Gasteiger partial charge in [-0.25, -0.2) is 13.6 Å². The highest BCUT2D eigenvalue weighted by atomic mass is 19.1. The lowest BCUT2D eigenvalue weighted by Crippen LogP contribution is -2.67. The number of urea groups is 1. The Labute approximate surface area is 249 Å². The first-order valence-electron chi connectivity index (χ1n) is 14.9. The zero-order valence-electron chi connectivity index (χ0n) is 24.3. The number of barbiturate groups is 1. The second-order valence-electron chi connectivity index (χ2n) is 11.3. The van der Waals surface area contributed by atoms with Crippen LogP contribution < -0.4 is 11.5 Å². The molecule has 0 saturated carbocycles. The Kier molecular flexibility index (Phi) is 9.13. The third kappa shape index (κ3) is 5.75. The molecule has 1 fully saturated rings. The predicted octanol–water partition coefficient (Wildman–Crippen LogP) is 3.88. The number of fused-ring (bicyclic) bond motifs is 2. The Morgan fingerprint density at radius 1 is 0.558 bits per heavy atom. The Hall–Kier alpha value is -4.21. The molecule has 7 nitrogen and oxygen atoms in total. The van der Waals surface area contributed by atoms with E-state index in [-0.39, 0.29) is 25.9 Å². The minimum Gasteiger partial charge on any atom is -0.358 e. The van der Waals surface area contributed by atoms with Crippen LogP contribution >= 0.6 is 0 Å². The maximum absolute atomic E-state index is 14.8. The second-order valence-corrected chi connectivity index (χ2v) is 11.3. The number of carbonyl (C=O) groups excluding carboxylic acids is 3. The van der Waals surface area contributed by atoms with Crippen molar-refractivity contribution >= 4 is 39.4 Å². The van der Waals surface area contributed by atoms with Gasteiger partial charge >= 0.3 is 6.03 Å². The molecule has 1 saturated heterocycles. The van der Waals surface area contributed by atoms with Gasteiger partial charge < -0.3 is 11.5 Å². The molecule has 43 heavy (non-hydrogen) atoms. The molecular formula is C34H38F2N4O3+2. The van der Waals surface area contributed by atoms with Gasteiger partial charge in [-0.15, -0.1) is 0 Å². The molecule has 1 heterocycles. The molecule has 1 aliphatic rings. The minimum atomic E-state index is -1.72. The van der Waals surface area contributed by atoms with E-state index in [4.69, 9.17) is 0 Å². The van der Waals surface area contributed by atoms with Crippen molar-refractivity contribution in [3.05, 3.63) is 95.6 Å². The van der Waals surface area contributed by atoms with Crippen molar-refractivity contribution in [3.8, 4) is 0 Å². The Morgan fingerprint density at radius 2 is 0.953 bits per heavy atom. The van der Waals surface area contributed by atoms with Gasteiger partial charge in [0.25, 0.3) is 0 Å². The quantitative estimate of drug-likeness (QED) is 0.194. The third-order valence-corrected chi connectivity index (χ3v) is 8.44. The van der Waals surface area contributed by atoms with Crippen molar-refractivity contribution in [1.29, 1.82) is 0 Å². The lowest BCUT2D eigenvalue weighted by atomic mass is 9.71. The van der Waals surface area contributed by atoms with E-state index in [1.165, 1.54) is 21.9 Å². The summed E-state index contributed by atoms with van der Waals surface area (Å²) in [6, 6.07) is 19.2. The smallest absolute Gasteiger partial charge is 0.333 e. The number of imide groups is 2. The Bertz CT molecular complexity index is 1550. The normalized spacial score (nSPS) is 15.2. The van der Waals surface area contributed by atoms with Crippen LogP contribution in [-0.4, -0.2) is 53.8 Å². The Balaban J connectivity index is 1.70. The van der Waals surface area contributed by atoms with Gasteiger partial charge in [-0.2, -0.15) is 0 Å². The molecule has 1 aliphatic heterocycles. The first-order valence-corrected chi connectivity index (χ1v) is 14.9. The summed E-state index contributed by atoms with van der Waals surface area (Å²) in [5.74, 6) is -1.97. The minimum absolute atomic E-state index is 0.0535. The van der Waals surface area contributed by atoms with Crippen LogP contribution in [0.4, 0.5) is 13.6 Å². The van der Waals surface area contributed by atoms with Gasteiger partial charge in [-0.05, 0) is 72.6 Å². The van der Waals surface area contributed by atoms with Crippen LogP contribution in [0.1, 0.15) is 36.8 Å². The number of quaternary nitrogens is 2. The average molecular weight is 589 g/mol. The van der Waals surface area contributed by atoms with Crippen molar-refractivity contribution in [1.82, 2.24) is 9.80 Å². The summed E-state index contributed by atoms with van der Waals surface area (Å²) in [5, 5.41) is 1.95. The van der Waals surface area contributed by atoms with Crippen molar-refractivity contribution in [3.63, 3.8) is 0 Å². The van der Waals surface area contributed by atoms with Crippen LogP contribution in [0.3, 0.4) is 0 Å². The zero-order valence-corrected chi connectivity index (χ0v) is 24.3. The molecule has 224 valence electrons. The summed E-state index contributed by atoms with van der Waals surface area (Å²) in [6.07, 6.45) is 2.42. The van der Waals surface area contributed by atoms with Gasteiger partial charge in [0.2, 0.25) is 11.8 Å². The van der Waals surface area contributed by atoms with Gasteiger partial charge in [0.15, 0.2) is 0 Å².